The molecule has 9 heteroatoms. The van der Waals surface area contributed by atoms with Crippen molar-refractivity contribution in [1.29, 1.82) is 0 Å². The van der Waals surface area contributed by atoms with E-state index in [1.807, 2.05) is 0 Å². The molecule has 0 radical (unpaired) electrons. The number of carbonyl (C=O) groups is 1. The highest BCUT2D eigenvalue weighted by molar-refractivity contribution is 7.89. The van der Waals surface area contributed by atoms with Gasteiger partial charge in [0, 0.05) is 36.8 Å². The molecule has 0 atom stereocenters. The molecule has 5 nitrogen and oxygen atoms in total. The van der Waals surface area contributed by atoms with Gasteiger partial charge in [-0.25, -0.2) is 12.8 Å². The van der Waals surface area contributed by atoms with Crippen molar-refractivity contribution in [3.63, 3.8) is 0 Å². The first-order valence-corrected chi connectivity index (χ1v) is 9.99. The molecule has 0 unspecified atom stereocenters. The molecule has 26 heavy (non-hydrogen) atoms. The minimum atomic E-state index is -3.80. The van der Waals surface area contributed by atoms with Gasteiger partial charge in [-0.05, 0) is 36.4 Å². The Hall–Kier alpha value is -1.67. The van der Waals surface area contributed by atoms with Crippen molar-refractivity contribution < 1.29 is 17.6 Å². The van der Waals surface area contributed by atoms with Crippen molar-refractivity contribution in [2.45, 2.75) is 4.90 Å². The zero-order chi connectivity index (χ0) is 18.9. The molecule has 0 N–H and O–H groups in total. The highest BCUT2D eigenvalue weighted by atomic mass is 35.5. The van der Waals surface area contributed by atoms with E-state index < -0.39 is 15.8 Å². The molecule has 0 saturated carbocycles. The average molecular weight is 417 g/mol. The number of nitrogens with zero attached hydrogens (tertiary/aromatic N) is 2. The second kappa shape index (κ2) is 7.52. The third kappa shape index (κ3) is 3.86. The number of hydrogen-bond donors (Lipinski definition) is 0. The first-order valence-electron chi connectivity index (χ1n) is 7.79. The summed E-state index contributed by atoms with van der Waals surface area (Å²) in [5.74, 6) is -0.878. The number of halogens is 3. The van der Waals surface area contributed by atoms with Crippen LogP contribution in [0.15, 0.2) is 47.4 Å². The monoisotopic (exact) mass is 416 g/mol. The molecule has 2 aromatic carbocycles. The van der Waals surface area contributed by atoms with Crippen LogP contribution in [-0.2, 0) is 10.0 Å². The van der Waals surface area contributed by atoms with Gasteiger partial charge in [0.1, 0.15) is 5.82 Å². The number of amides is 1. The Morgan fingerprint density at radius 1 is 1.00 bits per heavy atom. The van der Waals surface area contributed by atoms with Crippen LogP contribution in [0.2, 0.25) is 10.0 Å². The summed E-state index contributed by atoms with van der Waals surface area (Å²) in [5, 5.41) is 0.214. The topological polar surface area (TPSA) is 57.7 Å². The van der Waals surface area contributed by atoms with Crippen LogP contribution in [-0.4, -0.2) is 49.7 Å². The van der Waals surface area contributed by atoms with Crippen molar-refractivity contribution in [2.24, 2.45) is 0 Å². The van der Waals surface area contributed by atoms with Crippen LogP contribution in [0.4, 0.5) is 4.39 Å². The van der Waals surface area contributed by atoms with E-state index >= 15 is 0 Å². The molecule has 1 aliphatic heterocycles. The molecule has 1 amide bonds. The highest BCUT2D eigenvalue weighted by Gasteiger charge is 2.30. The first-order chi connectivity index (χ1) is 12.3. The van der Waals surface area contributed by atoms with Crippen LogP contribution in [0.25, 0.3) is 0 Å². The Kier molecular flexibility index (Phi) is 5.53. The predicted molar refractivity (Wildman–Crippen MR) is 97.5 cm³/mol. The van der Waals surface area contributed by atoms with Gasteiger partial charge in [-0.15, -0.1) is 0 Å². The van der Waals surface area contributed by atoms with Gasteiger partial charge in [-0.3, -0.25) is 4.79 Å². The summed E-state index contributed by atoms with van der Waals surface area (Å²) in [6.07, 6.45) is 0. The molecule has 3 rings (SSSR count). The van der Waals surface area contributed by atoms with Gasteiger partial charge >= 0.3 is 0 Å². The van der Waals surface area contributed by atoms with Crippen molar-refractivity contribution >= 4 is 39.1 Å². The number of hydrogen-bond acceptors (Lipinski definition) is 3. The number of benzene rings is 2. The van der Waals surface area contributed by atoms with Crippen LogP contribution in [0.3, 0.4) is 0 Å². The minimum absolute atomic E-state index is 0.0708. The molecule has 2 aromatic rings. The van der Waals surface area contributed by atoms with Gasteiger partial charge in [0.2, 0.25) is 10.0 Å². The largest absolute Gasteiger partial charge is 0.336 e. The fourth-order valence-corrected chi connectivity index (χ4v) is 4.61. The number of carbonyl (C=O) groups excluding carboxylic acids is 1. The average Bonchev–Trinajstić information content (AvgIpc) is 2.63. The lowest BCUT2D eigenvalue weighted by atomic mass is 10.2. The molecule has 0 aromatic heterocycles. The zero-order valence-electron chi connectivity index (χ0n) is 13.5. The third-order valence-electron chi connectivity index (χ3n) is 4.13. The minimum Gasteiger partial charge on any atom is -0.336 e. The maximum Gasteiger partial charge on any atom is 0.253 e. The van der Waals surface area contributed by atoms with Crippen molar-refractivity contribution in [3.05, 3.63) is 63.9 Å². The molecule has 1 heterocycles. The fourth-order valence-electron chi connectivity index (χ4n) is 2.72. The highest BCUT2D eigenvalue weighted by Crippen LogP contribution is 2.23. The van der Waals surface area contributed by atoms with E-state index in [0.29, 0.717) is 10.6 Å². The van der Waals surface area contributed by atoms with E-state index in [9.17, 15) is 17.6 Å². The second-order valence-electron chi connectivity index (χ2n) is 5.78. The lowest BCUT2D eigenvalue weighted by molar-refractivity contribution is 0.0698. The third-order valence-corrected chi connectivity index (χ3v) is 6.55. The smallest absolute Gasteiger partial charge is 0.253 e. The van der Waals surface area contributed by atoms with E-state index in [1.165, 1.54) is 10.4 Å². The number of rotatable bonds is 3. The SMILES string of the molecule is O=C(c1cccc(Cl)c1)N1CCN(S(=O)(=O)c2ccc(F)c(Cl)c2)CC1. The molecule has 138 valence electrons. The van der Waals surface area contributed by atoms with E-state index in [1.54, 1.807) is 29.2 Å². The van der Waals surface area contributed by atoms with E-state index in [0.717, 1.165) is 12.1 Å². The van der Waals surface area contributed by atoms with E-state index in [-0.39, 0.29) is 42.0 Å². The summed E-state index contributed by atoms with van der Waals surface area (Å²) >= 11 is 11.6. The quantitative estimate of drug-likeness (QED) is 0.771. The molecule has 1 aliphatic rings. The Morgan fingerprint density at radius 2 is 1.69 bits per heavy atom. The van der Waals surface area contributed by atoms with Crippen LogP contribution in [0, 0.1) is 5.82 Å². The van der Waals surface area contributed by atoms with Crippen molar-refractivity contribution in [1.82, 2.24) is 9.21 Å². The maximum absolute atomic E-state index is 13.3. The van der Waals surface area contributed by atoms with Crippen LogP contribution in [0.5, 0.6) is 0 Å². The lowest BCUT2D eigenvalue weighted by Gasteiger charge is -2.34. The molecule has 1 fully saturated rings. The van der Waals surface area contributed by atoms with Gasteiger partial charge < -0.3 is 4.90 Å². The van der Waals surface area contributed by atoms with E-state index in [4.69, 9.17) is 23.2 Å². The van der Waals surface area contributed by atoms with Crippen molar-refractivity contribution in [3.8, 4) is 0 Å². The van der Waals surface area contributed by atoms with E-state index in [2.05, 4.69) is 0 Å². The normalized spacial score (nSPS) is 15.9. The van der Waals surface area contributed by atoms with Gasteiger partial charge in [0.25, 0.3) is 5.91 Å². The fraction of sp³-hybridized carbons (Fsp3) is 0.235. The maximum atomic E-state index is 13.3. The standard InChI is InChI=1S/C17H15Cl2FN2O3S/c18-13-3-1-2-12(10-13)17(23)21-6-8-22(9-7-21)26(24,25)14-4-5-16(20)15(19)11-14/h1-5,10-11H,6-9H2. The summed E-state index contributed by atoms with van der Waals surface area (Å²) in [6.45, 7) is 0.784. The Balaban J connectivity index is 1.71. The number of piperazine rings is 1. The summed E-state index contributed by atoms with van der Waals surface area (Å²) in [6, 6.07) is 9.90. The number of sulfonamides is 1. The molecule has 0 aliphatic carbocycles. The Labute approximate surface area is 161 Å². The van der Waals surface area contributed by atoms with Gasteiger partial charge in [0.05, 0.1) is 9.92 Å². The zero-order valence-corrected chi connectivity index (χ0v) is 15.9. The molecule has 0 spiro atoms. The van der Waals surface area contributed by atoms with Crippen LogP contribution >= 0.6 is 23.2 Å². The molecule has 0 bridgehead atoms. The van der Waals surface area contributed by atoms with Gasteiger partial charge in [-0.1, -0.05) is 29.3 Å². The van der Waals surface area contributed by atoms with Crippen LogP contribution < -0.4 is 0 Å². The first kappa shape index (κ1) is 19.1. The Morgan fingerprint density at radius 3 is 2.31 bits per heavy atom. The van der Waals surface area contributed by atoms with Crippen LogP contribution in [0.1, 0.15) is 10.4 Å². The molecular weight excluding hydrogens is 402 g/mol. The summed E-state index contributed by atoms with van der Waals surface area (Å²) in [7, 11) is -3.80. The lowest BCUT2D eigenvalue weighted by Crippen LogP contribution is -2.50. The second-order valence-corrected chi connectivity index (χ2v) is 8.56. The molecule has 1 saturated heterocycles. The van der Waals surface area contributed by atoms with Gasteiger partial charge in [0.15, 0.2) is 0 Å². The predicted octanol–water partition coefficient (Wildman–Crippen LogP) is 3.28. The Bertz CT molecular complexity index is 945. The summed E-state index contributed by atoms with van der Waals surface area (Å²) in [4.78, 5) is 14.0. The summed E-state index contributed by atoms with van der Waals surface area (Å²) < 4.78 is 39.9. The van der Waals surface area contributed by atoms with Gasteiger partial charge in [-0.2, -0.15) is 4.31 Å². The summed E-state index contributed by atoms with van der Waals surface area (Å²) in [5.41, 5.74) is 0.458. The molecular formula is C17H15Cl2FN2O3S. The van der Waals surface area contributed by atoms with Crippen molar-refractivity contribution in [2.75, 3.05) is 26.2 Å².